The van der Waals surface area contributed by atoms with Crippen LogP contribution in [0.4, 0.5) is 13.2 Å². The van der Waals surface area contributed by atoms with Crippen LogP contribution in [-0.4, -0.2) is 32.1 Å². The van der Waals surface area contributed by atoms with Crippen molar-refractivity contribution in [3.05, 3.63) is 30.1 Å². The number of imidazole rings is 1. The molecule has 9 heteroatoms. The van der Waals surface area contributed by atoms with Crippen LogP contribution in [-0.2, 0) is 22.3 Å². The highest BCUT2D eigenvalue weighted by Gasteiger charge is 2.39. The van der Waals surface area contributed by atoms with Crippen molar-refractivity contribution >= 4 is 22.9 Å². The quantitative estimate of drug-likeness (QED) is 0.817. The van der Waals surface area contributed by atoms with Crippen molar-refractivity contribution in [3.63, 3.8) is 0 Å². The molecule has 2 rings (SSSR count). The summed E-state index contributed by atoms with van der Waals surface area (Å²) in [7, 11) is 0. The number of hydrogen-bond donors (Lipinski definition) is 2. The first-order valence-corrected chi connectivity index (χ1v) is 7.99. The summed E-state index contributed by atoms with van der Waals surface area (Å²) in [6.07, 6.45) is -5.06. The van der Waals surface area contributed by atoms with Crippen LogP contribution >= 0.6 is 0 Å². The first kappa shape index (κ1) is 19.7. The Kier molecular flexibility index (Phi) is 5.29. The maximum absolute atomic E-state index is 13.3. The van der Waals surface area contributed by atoms with Crippen LogP contribution in [0.1, 0.15) is 33.0 Å². The first-order chi connectivity index (χ1) is 11.9. The van der Waals surface area contributed by atoms with E-state index in [0.29, 0.717) is 0 Å². The van der Waals surface area contributed by atoms with Crippen molar-refractivity contribution in [2.24, 2.45) is 5.92 Å². The Morgan fingerprint density at radius 3 is 2.42 bits per heavy atom. The van der Waals surface area contributed by atoms with E-state index in [1.807, 2.05) is 0 Å². The normalized spacial score (nSPS) is 14.4. The Hall–Kier alpha value is -2.58. The molecule has 2 N–H and O–H groups in total. The van der Waals surface area contributed by atoms with Gasteiger partial charge in [-0.2, -0.15) is 13.2 Å². The zero-order valence-electron chi connectivity index (χ0n) is 14.6. The van der Waals surface area contributed by atoms with Crippen LogP contribution in [0, 0.1) is 5.92 Å². The van der Waals surface area contributed by atoms with Gasteiger partial charge in [0, 0.05) is 0 Å². The number of fused-ring (bicyclic) bond motifs is 1. The van der Waals surface area contributed by atoms with E-state index in [1.54, 1.807) is 32.9 Å². The molecule has 0 radical (unpaired) electrons. The molecule has 0 bridgehead atoms. The summed E-state index contributed by atoms with van der Waals surface area (Å²) in [5.41, 5.74) is -0.776. The predicted octanol–water partition coefficient (Wildman–Crippen LogP) is 3.06. The summed E-state index contributed by atoms with van der Waals surface area (Å²) in [6, 6.07) is 6.00. The van der Waals surface area contributed by atoms with Crippen molar-refractivity contribution in [2.45, 2.75) is 45.5 Å². The van der Waals surface area contributed by atoms with Gasteiger partial charge < -0.3 is 15.0 Å². The van der Waals surface area contributed by atoms with E-state index in [2.05, 4.69) is 10.3 Å². The van der Waals surface area contributed by atoms with E-state index < -0.39 is 36.0 Å². The molecule has 1 unspecified atom stereocenters. The van der Waals surface area contributed by atoms with Crippen molar-refractivity contribution in [3.8, 4) is 0 Å². The number of carboxylic acid groups (broad SMARTS) is 1. The van der Waals surface area contributed by atoms with Crippen molar-refractivity contribution in [2.75, 3.05) is 0 Å². The van der Waals surface area contributed by atoms with E-state index in [4.69, 9.17) is 5.11 Å². The number of carboxylic acids is 1. The summed E-state index contributed by atoms with van der Waals surface area (Å²) in [6.45, 7) is 4.41. The lowest BCUT2D eigenvalue weighted by atomic mass is 9.85. The molecule has 6 nitrogen and oxygen atoms in total. The fraction of sp³-hybridized carbons (Fsp3) is 0.471. The molecule has 0 saturated carbocycles. The maximum atomic E-state index is 13.3. The first-order valence-electron chi connectivity index (χ1n) is 7.99. The summed E-state index contributed by atoms with van der Waals surface area (Å²) < 4.78 is 40.6. The minimum Gasteiger partial charge on any atom is -0.481 e. The average molecular weight is 371 g/mol. The number of hydrogen-bond acceptors (Lipinski definition) is 3. The van der Waals surface area contributed by atoms with E-state index >= 15 is 0 Å². The lowest BCUT2D eigenvalue weighted by molar-refractivity contribution is -0.147. The number of rotatable bonds is 6. The summed E-state index contributed by atoms with van der Waals surface area (Å²) in [5.74, 6) is -3.22. The van der Waals surface area contributed by atoms with Crippen molar-refractivity contribution in [1.29, 1.82) is 0 Å². The molecule has 2 aromatic rings. The molecule has 142 valence electrons. The van der Waals surface area contributed by atoms with Crippen molar-refractivity contribution in [1.82, 2.24) is 14.9 Å². The molecule has 1 aromatic heterocycles. The Bertz CT molecular complexity index is 830. The van der Waals surface area contributed by atoms with Gasteiger partial charge in [0.25, 0.3) is 0 Å². The summed E-state index contributed by atoms with van der Waals surface area (Å²) in [5, 5.41) is 11.6. The summed E-state index contributed by atoms with van der Waals surface area (Å²) >= 11 is 0. The van der Waals surface area contributed by atoms with E-state index in [0.717, 1.165) is 4.57 Å². The molecule has 1 aromatic carbocycles. The molecule has 0 saturated heterocycles. The van der Waals surface area contributed by atoms with Gasteiger partial charge in [0.15, 0.2) is 0 Å². The molecule has 0 spiro atoms. The Morgan fingerprint density at radius 2 is 1.88 bits per heavy atom. The molecule has 0 aliphatic heterocycles. The molecule has 1 heterocycles. The number of alkyl halides is 3. The Balaban J connectivity index is 2.35. The fourth-order valence-electron chi connectivity index (χ4n) is 2.66. The fourth-order valence-corrected chi connectivity index (χ4v) is 2.66. The molecule has 0 aliphatic carbocycles. The minimum atomic E-state index is -4.72. The molecule has 0 aliphatic rings. The number of aromatic nitrogens is 2. The Morgan fingerprint density at radius 1 is 1.27 bits per heavy atom. The van der Waals surface area contributed by atoms with Crippen LogP contribution in [0.3, 0.4) is 0 Å². The van der Waals surface area contributed by atoms with Gasteiger partial charge in [-0.1, -0.05) is 26.0 Å². The van der Waals surface area contributed by atoms with Crippen molar-refractivity contribution < 1.29 is 27.9 Å². The van der Waals surface area contributed by atoms with Gasteiger partial charge in [0.1, 0.15) is 6.54 Å². The Labute approximate surface area is 148 Å². The number of carbonyl (C=O) groups is 2. The third-order valence-electron chi connectivity index (χ3n) is 4.43. The van der Waals surface area contributed by atoms with Gasteiger partial charge in [-0.25, -0.2) is 4.98 Å². The van der Waals surface area contributed by atoms with Crippen LogP contribution in [0.15, 0.2) is 24.3 Å². The molecular formula is C17H20F3N3O3. The van der Waals surface area contributed by atoms with Gasteiger partial charge in [-0.15, -0.1) is 0 Å². The van der Waals surface area contributed by atoms with Gasteiger partial charge in [0.05, 0.1) is 23.0 Å². The SMILES string of the molecule is CC(C)C(C)(CC(=O)O)NC(=O)Cn1c(C(F)(F)F)nc2ccccc21. The number of aliphatic carboxylic acids is 1. The monoisotopic (exact) mass is 371 g/mol. The van der Waals surface area contributed by atoms with E-state index in [-0.39, 0.29) is 23.4 Å². The number of nitrogens with one attached hydrogen (secondary N) is 1. The topological polar surface area (TPSA) is 84.2 Å². The molecule has 0 fully saturated rings. The van der Waals surface area contributed by atoms with Gasteiger partial charge >= 0.3 is 12.1 Å². The highest BCUT2D eigenvalue weighted by Crippen LogP contribution is 2.31. The second-order valence-electron chi connectivity index (χ2n) is 6.70. The number of halogens is 3. The number of benzene rings is 1. The van der Waals surface area contributed by atoms with Crippen LogP contribution < -0.4 is 5.32 Å². The predicted molar refractivity (Wildman–Crippen MR) is 88.4 cm³/mol. The number of carbonyl (C=O) groups excluding carboxylic acids is 1. The molecule has 1 amide bonds. The molecular weight excluding hydrogens is 351 g/mol. The molecule has 1 atom stereocenters. The van der Waals surface area contributed by atoms with E-state index in [1.165, 1.54) is 12.1 Å². The van der Waals surface area contributed by atoms with Crippen LogP contribution in [0.2, 0.25) is 0 Å². The van der Waals surface area contributed by atoms with Gasteiger partial charge in [-0.3, -0.25) is 9.59 Å². The summed E-state index contributed by atoms with van der Waals surface area (Å²) in [4.78, 5) is 27.1. The zero-order valence-corrected chi connectivity index (χ0v) is 14.6. The largest absolute Gasteiger partial charge is 0.481 e. The third-order valence-corrected chi connectivity index (χ3v) is 4.43. The lowest BCUT2D eigenvalue weighted by Gasteiger charge is -2.33. The third kappa shape index (κ3) is 4.14. The van der Waals surface area contributed by atoms with Crippen LogP contribution in [0.5, 0.6) is 0 Å². The maximum Gasteiger partial charge on any atom is 0.449 e. The average Bonchev–Trinajstić information content (AvgIpc) is 2.85. The number of para-hydroxylation sites is 2. The standard InChI is InChI=1S/C17H20F3N3O3/c1-10(2)16(3,8-14(25)26)22-13(24)9-23-12-7-5-4-6-11(12)21-15(23)17(18,19)20/h4-7,10H,8-9H2,1-3H3,(H,22,24)(H,25,26). The lowest BCUT2D eigenvalue weighted by Crippen LogP contribution is -2.52. The highest BCUT2D eigenvalue weighted by molar-refractivity contribution is 5.82. The number of amides is 1. The minimum absolute atomic E-state index is 0.129. The second-order valence-corrected chi connectivity index (χ2v) is 6.70. The van der Waals surface area contributed by atoms with Crippen LogP contribution in [0.25, 0.3) is 11.0 Å². The highest BCUT2D eigenvalue weighted by atomic mass is 19.4. The number of nitrogens with zero attached hydrogens (tertiary/aromatic N) is 2. The van der Waals surface area contributed by atoms with Gasteiger partial charge in [-0.05, 0) is 25.0 Å². The molecule has 26 heavy (non-hydrogen) atoms. The smallest absolute Gasteiger partial charge is 0.449 e. The second kappa shape index (κ2) is 6.97. The van der Waals surface area contributed by atoms with Gasteiger partial charge in [0.2, 0.25) is 11.7 Å². The van der Waals surface area contributed by atoms with E-state index in [9.17, 15) is 22.8 Å². The zero-order chi connectivity index (χ0) is 19.7.